The smallest absolute Gasteiger partial charge is 0.240 e. The van der Waals surface area contributed by atoms with Gasteiger partial charge < -0.3 is 9.80 Å². The van der Waals surface area contributed by atoms with Gasteiger partial charge in [-0.1, -0.05) is 13.8 Å². The van der Waals surface area contributed by atoms with Gasteiger partial charge in [-0.15, -0.1) is 0 Å². The van der Waals surface area contributed by atoms with E-state index in [2.05, 4.69) is 36.0 Å². The fraction of sp³-hybridized carbons (Fsp3) is 0.929. The number of hydrogen-bond acceptors (Lipinski definition) is 3. The van der Waals surface area contributed by atoms with Crippen molar-refractivity contribution in [2.75, 3.05) is 26.7 Å². The summed E-state index contributed by atoms with van der Waals surface area (Å²) in [6, 6.07) is -0.00659. The van der Waals surface area contributed by atoms with Crippen molar-refractivity contribution in [3.05, 3.63) is 0 Å². The van der Waals surface area contributed by atoms with E-state index in [0.717, 1.165) is 19.5 Å². The number of hydrogen-bond donors (Lipinski definition) is 1. The van der Waals surface area contributed by atoms with Gasteiger partial charge in [0.05, 0.1) is 12.2 Å². The van der Waals surface area contributed by atoms with Gasteiger partial charge in [0.1, 0.15) is 0 Å². The molecule has 0 aliphatic carbocycles. The maximum atomic E-state index is 12.2. The van der Waals surface area contributed by atoms with Gasteiger partial charge in [0.2, 0.25) is 5.91 Å². The van der Waals surface area contributed by atoms with Crippen LogP contribution < -0.4 is 5.32 Å². The number of amides is 1. The molecule has 4 nitrogen and oxygen atoms in total. The molecule has 4 heteroatoms. The first kappa shape index (κ1) is 13.8. The fourth-order valence-corrected chi connectivity index (χ4v) is 3.16. The number of carbonyl (C=O) groups excluding carboxylic acids is 1. The summed E-state index contributed by atoms with van der Waals surface area (Å²) in [5.41, 5.74) is 0. The minimum Gasteiger partial charge on any atom is -0.325 e. The Hall–Kier alpha value is -0.610. The summed E-state index contributed by atoms with van der Waals surface area (Å²) in [5, 5.41) is 3.43. The molecule has 2 rings (SSSR count). The van der Waals surface area contributed by atoms with Gasteiger partial charge in [-0.25, -0.2) is 0 Å². The molecule has 0 aromatic rings. The lowest BCUT2D eigenvalue weighted by Gasteiger charge is -2.28. The van der Waals surface area contributed by atoms with Crippen molar-refractivity contribution in [2.24, 2.45) is 11.8 Å². The SMILES string of the molecule is CC(C)CC1NC(C)C(=O)N1CC1CCN(C)C1. The molecule has 1 N–H and O–H groups in total. The zero-order valence-corrected chi connectivity index (χ0v) is 12.1. The number of carbonyl (C=O) groups is 1. The highest BCUT2D eigenvalue weighted by molar-refractivity contribution is 5.83. The maximum absolute atomic E-state index is 12.2. The van der Waals surface area contributed by atoms with Crippen LogP contribution in [0.2, 0.25) is 0 Å². The van der Waals surface area contributed by atoms with Gasteiger partial charge in [0.15, 0.2) is 0 Å². The third-order valence-electron chi connectivity index (χ3n) is 4.11. The predicted octanol–water partition coefficient (Wildman–Crippen LogP) is 1.13. The topological polar surface area (TPSA) is 35.6 Å². The molecular formula is C14H27N3O. The van der Waals surface area contributed by atoms with E-state index in [1.807, 2.05) is 6.92 Å². The zero-order valence-electron chi connectivity index (χ0n) is 12.1. The minimum absolute atomic E-state index is 0.00659. The lowest BCUT2D eigenvalue weighted by Crippen LogP contribution is -2.41. The highest BCUT2D eigenvalue weighted by atomic mass is 16.2. The van der Waals surface area contributed by atoms with Crippen LogP contribution in [0, 0.1) is 11.8 Å². The van der Waals surface area contributed by atoms with Gasteiger partial charge in [-0.2, -0.15) is 0 Å². The second-order valence-corrected chi connectivity index (χ2v) is 6.44. The summed E-state index contributed by atoms with van der Waals surface area (Å²) < 4.78 is 0. The molecule has 0 aromatic heterocycles. The molecule has 2 aliphatic rings. The van der Waals surface area contributed by atoms with Gasteiger partial charge in [-0.3, -0.25) is 10.1 Å². The molecule has 0 bridgehead atoms. The first-order valence-corrected chi connectivity index (χ1v) is 7.22. The van der Waals surface area contributed by atoms with Crippen LogP contribution in [-0.2, 0) is 4.79 Å². The van der Waals surface area contributed by atoms with Crippen molar-refractivity contribution in [1.82, 2.24) is 15.1 Å². The van der Waals surface area contributed by atoms with E-state index >= 15 is 0 Å². The van der Waals surface area contributed by atoms with E-state index in [9.17, 15) is 4.79 Å². The van der Waals surface area contributed by atoms with Crippen molar-refractivity contribution in [1.29, 1.82) is 0 Å². The molecule has 2 aliphatic heterocycles. The molecule has 3 atom stereocenters. The van der Waals surface area contributed by atoms with E-state index < -0.39 is 0 Å². The lowest BCUT2D eigenvalue weighted by molar-refractivity contribution is -0.130. The molecule has 0 aromatic carbocycles. The predicted molar refractivity (Wildman–Crippen MR) is 73.2 cm³/mol. The molecule has 0 saturated carbocycles. The Morgan fingerprint density at radius 3 is 2.72 bits per heavy atom. The molecule has 18 heavy (non-hydrogen) atoms. The molecule has 1 amide bonds. The summed E-state index contributed by atoms with van der Waals surface area (Å²) in [7, 11) is 2.16. The van der Waals surface area contributed by atoms with Crippen molar-refractivity contribution >= 4 is 5.91 Å². The summed E-state index contributed by atoms with van der Waals surface area (Å²) in [6.07, 6.45) is 2.53. The van der Waals surface area contributed by atoms with Crippen LogP contribution in [0.15, 0.2) is 0 Å². The van der Waals surface area contributed by atoms with E-state index in [4.69, 9.17) is 0 Å². The Balaban J connectivity index is 1.96. The Bertz CT molecular complexity index is 305. The van der Waals surface area contributed by atoms with Crippen LogP contribution in [0.1, 0.15) is 33.6 Å². The van der Waals surface area contributed by atoms with Gasteiger partial charge in [-0.05, 0) is 45.2 Å². The Morgan fingerprint density at radius 2 is 2.17 bits per heavy atom. The van der Waals surface area contributed by atoms with Crippen molar-refractivity contribution in [3.63, 3.8) is 0 Å². The standard InChI is InChI=1S/C14H27N3O/c1-10(2)7-13-15-11(3)14(18)17(13)9-12-5-6-16(4)8-12/h10-13,15H,5-9H2,1-4H3. The number of rotatable bonds is 4. The summed E-state index contributed by atoms with van der Waals surface area (Å²) in [4.78, 5) is 16.7. The molecule has 104 valence electrons. The zero-order chi connectivity index (χ0) is 13.3. The van der Waals surface area contributed by atoms with Crippen LogP contribution in [0.3, 0.4) is 0 Å². The van der Waals surface area contributed by atoms with E-state index in [0.29, 0.717) is 11.8 Å². The van der Waals surface area contributed by atoms with Crippen molar-refractivity contribution < 1.29 is 4.79 Å². The van der Waals surface area contributed by atoms with Crippen LogP contribution in [0.25, 0.3) is 0 Å². The Morgan fingerprint density at radius 1 is 1.44 bits per heavy atom. The average Bonchev–Trinajstić information content (AvgIpc) is 2.78. The number of likely N-dealkylation sites (tertiary alicyclic amines) is 1. The first-order chi connectivity index (χ1) is 8.47. The first-order valence-electron chi connectivity index (χ1n) is 7.22. The van der Waals surface area contributed by atoms with Crippen LogP contribution >= 0.6 is 0 Å². The van der Waals surface area contributed by atoms with Crippen LogP contribution in [0.5, 0.6) is 0 Å². The van der Waals surface area contributed by atoms with Crippen molar-refractivity contribution in [2.45, 2.75) is 45.8 Å². The minimum atomic E-state index is -0.00659. The summed E-state index contributed by atoms with van der Waals surface area (Å²) >= 11 is 0. The molecule has 2 saturated heterocycles. The van der Waals surface area contributed by atoms with Gasteiger partial charge in [0.25, 0.3) is 0 Å². The number of nitrogens with one attached hydrogen (secondary N) is 1. The fourth-order valence-electron chi connectivity index (χ4n) is 3.16. The highest BCUT2D eigenvalue weighted by Gasteiger charge is 2.38. The average molecular weight is 253 g/mol. The number of nitrogens with zero attached hydrogens (tertiary/aromatic N) is 2. The quantitative estimate of drug-likeness (QED) is 0.816. The molecule has 0 spiro atoms. The molecule has 2 fully saturated rings. The second-order valence-electron chi connectivity index (χ2n) is 6.44. The van der Waals surface area contributed by atoms with Gasteiger partial charge in [0, 0.05) is 13.1 Å². The molecular weight excluding hydrogens is 226 g/mol. The Kier molecular flexibility index (Phi) is 4.28. The Labute approximate surface area is 111 Å². The third kappa shape index (κ3) is 3.04. The molecule has 0 radical (unpaired) electrons. The van der Waals surface area contributed by atoms with Crippen molar-refractivity contribution in [3.8, 4) is 0 Å². The highest BCUT2D eigenvalue weighted by Crippen LogP contribution is 2.22. The largest absolute Gasteiger partial charge is 0.325 e. The van der Waals surface area contributed by atoms with E-state index in [1.165, 1.54) is 13.0 Å². The normalized spacial score (nSPS) is 33.9. The molecule has 2 heterocycles. The van der Waals surface area contributed by atoms with Crippen LogP contribution in [-0.4, -0.2) is 54.6 Å². The lowest BCUT2D eigenvalue weighted by atomic mass is 10.1. The van der Waals surface area contributed by atoms with Crippen LogP contribution in [0.4, 0.5) is 0 Å². The summed E-state index contributed by atoms with van der Waals surface area (Å²) in [6.45, 7) is 9.65. The third-order valence-corrected chi connectivity index (χ3v) is 4.11. The molecule has 3 unspecified atom stereocenters. The maximum Gasteiger partial charge on any atom is 0.240 e. The monoisotopic (exact) mass is 253 g/mol. The van der Waals surface area contributed by atoms with E-state index in [1.54, 1.807) is 0 Å². The second kappa shape index (κ2) is 5.57. The van der Waals surface area contributed by atoms with Gasteiger partial charge >= 0.3 is 0 Å². The summed E-state index contributed by atoms with van der Waals surface area (Å²) in [5.74, 6) is 1.56. The van der Waals surface area contributed by atoms with E-state index in [-0.39, 0.29) is 18.1 Å².